The number of nitrogens with zero attached hydrogens (tertiary/aromatic N) is 2. The molecule has 1 saturated heterocycles. The van der Waals surface area contributed by atoms with Crippen molar-refractivity contribution in [2.24, 2.45) is 5.92 Å². The third-order valence-corrected chi connectivity index (χ3v) is 4.02. The molecule has 0 radical (unpaired) electrons. The van der Waals surface area contributed by atoms with Crippen LogP contribution in [0.25, 0.3) is 0 Å². The van der Waals surface area contributed by atoms with Gasteiger partial charge in [0.25, 0.3) is 5.69 Å². The number of nitro benzene ring substituents is 1. The van der Waals surface area contributed by atoms with Crippen LogP contribution in [-0.4, -0.2) is 36.0 Å². The minimum absolute atomic E-state index is 0.202. The maximum atomic E-state index is 11.0. The lowest BCUT2D eigenvalue weighted by atomic mass is 10.1. The van der Waals surface area contributed by atoms with E-state index in [1.54, 1.807) is 12.1 Å². The number of benzene rings is 1. The van der Waals surface area contributed by atoms with E-state index in [-0.39, 0.29) is 10.6 Å². The molecule has 0 saturated carbocycles. The van der Waals surface area contributed by atoms with Crippen LogP contribution >= 0.6 is 0 Å². The van der Waals surface area contributed by atoms with E-state index in [0.29, 0.717) is 12.5 Å². The van der Waals surface area contributed by atoms with E-state index in [0.717, 1.165) is 18.7 Å². The van der Waals surface area contributed by atoms with Gasteiger partial charge in [0, 0.05) is 24.7 Å². The Morgan fingerprint density at radius 1 is 1.29 bits per heavy atom. The van der Waals surface area contributed by atoms with Gasteiger partial charge >= 0.3 is 0 Å². The molecule has 0 bridgehead atoms. The number of likely N-dealkylation sites (tertiary alicyclic amines) is 1. The summed E-state index contributed by atoms with van der Waals surface area (Å²) < 4.78 is 0. The van der Waals surface area contributed by atoms with Crippen molar-refractivity contribution in [1.29, 1.82) is 0 Å². The third kappa shape index (κ3) is 5.10. The monoisotopic (exact) mass is 291 g/mol. The zero-order valence-electron chi connectivity index (χ0n) is 12.8. The molecule has 1 aliphatic rings. The Balaban J connectivity index is 1.74. The molecule has 21 heavy (non-hydrogen) atoms. The second-order valence-electron chi connectivity index (χ2n) is 5.98. The summed E-state index contributed by atoms with van der Waals surface area (Å²) in [4.78, 5) is 13.2. The Labute approximate surface area is 126 Å². The van der Waals surface area contributed by atoms with Crippen LogP contribution < -0.4 is 5.32 Å². The van der Waals surface area contributed by atoms with Gasteiger partial charge in [0.05, 0.1) is 4.92 Å². The predicted octanol–water partition coefficient (Wildman–Crippen LogP) is 2.81. The first-order valence-corrected chi connectivity index (χ1v) is 7.82. The van der Waals surface area contributed by atoms with Gasteiger partial charge in [-0.05, 0) is 38.4 Å². The summed E-state index contributed by atoms with van der Waals surface area (Å²) in [6, 6.07) is 6.94. The molecule has 0 amide bonds. The molecule has 1 aromatic rings. The van der Waals surface area contributed by atoms with Gasteiger partial charge in [-0.1, -0.05) is 31.5 Å². The maximum Gasteiger partial charge on any atom is 0.273 e. The molecule has 1 unspecified atom stereocenters. The molecule has 0 aromatic heterocycles. The van der Waals surface area contributed by atoms with Gasteiger partial charge in [-0.2, -0.15) is 0 Å². The zero-order chi connectivity index (χ0) is 15.1. The molecule has 5 nitrogen and oxygen atoms in total. The van der Waals surface area contributed by atoms with Gasteiger partial charge in [0.1, 0.15) is 0 Å². The highest BCUT2D eigenvalue weighted by Gasteiger charge is 2.14. The number of hydrogen-bond donors (Lipinski definition) is 1. The Bertz CT molecular complexity index is 459. The van der Waals surface area contributed by atoms with Crippen LogP contribution in [0.3, 0.4) is 0 Å². The second-order valence-corrected chi connectivity index (χ2v) is 5.98. The molecule has 1 N–H and O–H groups in total. The standard InChI is InChI=1S/C16H25N3O2/c1-14(13-18-9-5-2-6-10-18)11-17-12-15-7-3-4-8-16(15)19(20)21/h3-4,7-8,14,17H,2,5-6,9-13H2,1H3. The molecule has 1 aliphatic heterocycles. The van der Waals surface area contributed by atoms with Gasteiger partial charge < -0.3 is 10.2 Å². The van der Waals surface area contributed by atoms with Crippen molar-refractivity contribution in [2.75, 3.05) is 26.2 Å². The molecule has 1 heterocycles. The highest BCUT2D eigenvalue weighted by Crippen LogP contribution is 2.17. The molecule has 1 atom stereocenters. The third-order valence-electron chi connectivity index (χ3n) is 4.02. The van der Waals surface area contributed by atoms with Gasteiger partial charge in [0.2, 0.25) is 0 Å². The highest BCUT2D eigenvalue weighted by atomic mass is 16.6. The van der Waals surface area contributed by atoms with Crippen molar-refractivity contribution >= 4 is 5.69 Å². The highest BCUT2D eigenvalue weighted by molar-refractivity contribution is 5.39. The number of para-hydroxylation sites is 1. The number of piperidine rings is 1. The Morgan fingerprint density at radius 3 is 2.71 bits per heavy atom. The quantitative estimate of drug-likeness (QED) is 0.620. The van der Waals surface area contributed by atoms with Crippen molar-refractivity contribution < 1.29 is 4.92 Å². The Kier molecular flexibility index (Phi) is 6.14. The fourth-order valence-electron chi connectivity index (χ4n) is 2.94. The van der Waals surface area contributed by atoms with Crippen molar-refractivity contribution in [1.82, 2.24) is 10.2 Å². The van der Waals surface area contributed by atoms with E-state index in [1.807, 2.05) is 12.1 Å². The number of nitrogens with one attached hydrogen (secondary N) is 1. The second kappa shape index (κ2) is 8.10. The number of nitro groups is 1. The van der Waals surface area contributed by atoms with Crippen LogP contribution in [0, 0.1) is 16.0 Å². The molecule has 1 aromatic carbocycles. The molecular weight excluding hydrogens is 266 g/mol. The summed E-state index contributed by atoms with van der Waals surface area (Å²) in [5.41, 5.74) is 0.960. The van der Waals surface area contributed by atoms with Crippen molar-refractivity contribution in [3.8, 4) is 0 Å². The Morgan fingerprint density at radius 2 is 2.00 bits per heavy atom. The topological polar surface area (TPSA) is 58.4 Å². The van der Waals surface area contributed by atoms with Crippen LogP contribution in [0.5, 0.6) is 0 Å². The molecule has 5 heteroatoms. The van der Waals surface area contributed by atoms with Crippen LogP contribution in [0.1, 0.15) is 31.7 Å². The molecule has 0 aliphatic carbocycles. The molecule has 116 valence electrons. The van der Waals surface area contributed by atoms with E-state index < -0.39 is 0 Å². The van der Waals surface area contributed by atoms with E-state index in [9.17, 15) is 10.1 Å². The van der Waals surface area contributed by atoms with Gasteiger partial charge in [-0.25, -0.2) is 0 Å². The van der Waals surface area contributed by atoms with Crippen molar-refractivity contribution in [3.05, 3.63) is 39.9 Å². The van der Waals surface area contributed by atoms with Gasteiger partial charge in [-0.15, -0.1) is 0 Å². The smallest absolute Gasteiger partial charge is 0.273 e. The lowest BCUT2D eigenvalue weighted by Gasteiger charge is -2.29. The van der Waals surface area contributed by atoms with Crippen molar-refractivity contribution in [2.45, 2.75) is 32.7 Å². The van der Waals surface area contributed by atoms with E-state index in [2.05, 4.69) is 17.1 Å². The van der Waals surface area contributed by atoms with Gasteiger partial charge in [0.15, 0.2) is 0 Å². The first-order valence-electron chi connectivity index (χ1n) is 7.82. The number of hydrogen-bond acceptors (Lipinski definition) is 4. The van der Waals surface area contributed by atoms with Crippen LogP contribution in [0.15, 0.2) is 24.3 Å². The minimum atomic E-state index is -0.311. The summed E-state index contributed by atoms with van der Waals surface area (Å²) >= 11 is 0. The summed E-state index contributed by atoms with van der Waals surface area (Å²) in [5, 5.41) is 14.3. The van der Waals surface area contributed by atoms with E-state index in [1.165, 1.54) is 32.4 Å². The van der Waals surface area contributed by atoms with E-state index >= 15 is 0 Å². The Hall–Kier alpha value is -1.46. The fraction of sp³-hybridized carbons (Fsp3) is 0.625. The fourth-order valence-corrected chi connectivity index (χ4v) is 2.94. The first kappa shape index (κ1) is 15.9. The molecule has 2 rings (SSSR count). The molecule has 1 fully saturated rings. The molecule has 0 spiro atoms. The van der Waals surface area contributed by atoms with Crippen LogP contribution in [-0.2, 0) is 6.54 Å². The molecular formula is C16H25N3O2. The first-order chi connectivity index (χ1) is 10.2. The number of rotatable bonds is 7. The normalized spacial score (nSPS) is 17.6. The minimum Gasteiger partial charge on any atom is -0.312 e. The largest absolute Gasteiger partial charge is 0.312 e. The van der Waals surface area contributed by atoms with Gasteiger partial charge in [-0.3, -0.25) is 10.1 Å². The lowest BCUT2D eigenvalue weighted by molar-refractivity contribution is -0.385. The average molecular weight is 291 g/mol. The summed E-state index contributed by atoms with van der Waals surface area (Å²) in [5.74, 6) is 0.561. The summed E-state index contributed by atoms with van der Waals surface area (Å²) in [6.45, 7) is 7.23. The SMILES string of the molecule is CC(CNCc1ccccc1[N+](=O)[O-])CN1CCCCC1. The average Bonchev–Trinajstić information content (AvgIpc) is 2.48. The lowest BCUT2D eigenvalue weighted by Crippen LogP contribution is -2.36. The zero-order valence-corrected chi connectivity index (χ0v) is 12.8. The maximum absolute atomic E-state index is 11.0. The predicted molar refractivity (Wildman–Crippen MR) is 84.3 cm³/mol. The van der Waals surface area contributed by atoms with Crippen LogP contribution in [0.2, 0.25) is 0 Å². The summed E-state index contributed by atoms with van der Waals surface area (Å²) in [6.07, 6.45) is 3.99. The van der Waals surface area contributed by atoms with Crippen LogP contribution in [0.4, 0.5) is 5.69 Å². The van der Waals surface area contributed by atoms with Crippen molar-refractivity contribution in [3.63, 3.8) is 0 Å². The summed E-state index contributed by atoms with van der Waals surface area (Å²) in [7, 11) is 0. The van der Waals surface area contributed by atoms with E-state index in [4.69, 9.17) is 0 Å².